The fourth-order valence-corrected chi connectivity index (χ4v) is 2.45. The number of amides is 1. The van der Waals surface area contributed by atoms with Crippen LogP contribution in [0.3, 0.4) is 0 Å². The molecular weight excluding hydrogens is 208 g/mol. The molecule has 0 radical (unpaired) electrons. The van der Waals surface area contributed by atoms with Crippen molar-refractivity contribution in [1.29, 1.82) is 0 Å². The third kappa shape index (κ3) is 1.99. The molecule has 0 aromatic rings. The van der Waals surface area contributed by atoms with E-state index < -0.39 is 5.60 Å². The monoisotopic (exact) mass is 226 g/mol. The highest BCUT2D eigenvalue weighted by atomic mass is 16.6. The van der Waals surface area contributed by atoms with Crippen LogP contribution in [0, 0.1) is 5.92 Å². The molecule has 1 aliphatic carbocycles. The summed E-state index contributed by atoms with van der Waals surface area (Å²) in [4.78, 5) is 13.6. The zero-order valence-corrected chi connectivity index (χ0v) is 9.93. The van der Waals surface area contributed by atoms with E-state index in [0.717, 1.165) is 19.4 Å². The first-order valence-electron chi connectivity index (χ1n) is 5.61. The van der Waals surface area contributed by atoms with Crippen molar-refractivity contribution in [2.45, 2.75) is 45.3 Å². The lowest BCUT2D eigenvalue weighted by atomic mass is 10.1. The largest absolute Gasteiger partial charge is 0.444 e. The van der Waals surface area contributed by atoms with Gasteiger partial charge in [0.25, 0.3) is 0 Å². The van der Waals surface area contributed by atoms with Gasteiger partial charge in [-0.3, -0.25) is 4.90 Å². The van der Waals surface area contributed by atoms with Gasteiger partial charge in [0.2, 0.25) is 0 Å². The minimum absolute atomic E-state index is 0.0511. The highest BCUT2D eigenvalue weighted by Gasteiger charge is 2.46. The fourth-order valence-electron chi connectivity index (χ4n) is 2.45. The Hall–Kier alpha value is -1.26. The summed E-state index contributed by atoms with van der Waals surface area (Å²) >= 11 is 0. The number of carbonyl (C=O) groups is 1. The molecule has 0 aromatic heterocycles. The molecule has 1 heterocycles. The summed E-state index contributed by atoms with van der Waals surface area (Å²) in [6.45, 7) is 6.26. The Morgan fingerprint density at radius 1 is 1.56 bits per heavy atom. The molecule has 2 fully saturated rings. The molecule has 1 saturated carbocycles. The molecule has 2 aliphatic rings. The second kappa shape index (κ2) is 3.64. The van der Waals surface area contributed by atoms with Crippen molar-refractivity contribution in [2.75, 3.05) is 6.54 Å². The summed E-state index contributed by atoms with van der Waals surface area (Å²) in [6, 6.07) is -0.0511. The molecule has 2 atom stereocenters. The van der Waals surface area contributed by atoms with Crippen LogP contribution in [0.15, 0.2) is 5.16 Å². The van der Waals surface area contributed by atoms with Crippen LogP contribution in [0.2, 0.25) is 0 Å². The number of hydrogen-bond donors (Lipinski definition) is 1. The topological polar surface area (TPSA) is 62.1 Å². The number of nitrogens with zero attached hydrogens (tertiary/aromatic N) is 2. The minimum Gasteiger partial charge on any atom is -0.444 e. The Balaban J connectivity index is 2.04. The molecule has 2 rings (SSSR count). The van der Waals surface area contributed by atoms with Crippen molar-refractivity contribution >= 4 is 11.8 Å². The summed E-state index contributed by atoms with van der Waals surface area (Å²) in [6.07, 6.45) is 1.40. The van der Waals surface area contributed by atoms with Crippen LogP contribution in [-0.2, 0) is 4.74 Å². The fraction of sp³-hybridized carbons (Fsp3) is 0.818. The van der Waals surface area contributed by atoms with Crippen LogP contribution < -0.4 is 0 Å². The second-order valence-electron chi connectivity index (χ2n) is 5.55. The van der Waals surface area contributed by atoms with E-state index in [1.807, 2.05) is 20.8 Å². The van der Waals surface area contributed by atoms with Gasteiger partial charge in [-0.25, -0.2) is 4.79 Å². The average Bonchev–Trinajstić information content (AvgIpc) is 2.72. The van der Waals surface area contributed by atoms with Gasteiger partial charge in [-0.15, -0.1) is 0 Å². The van der Waals surface area contributed by atoms with E-state index in [4.69, 9.17) is 9.94 Å². The molecule has 0 unspecified atom stereocenters. The number of hydrogen-bond acceptors (Lipinski definition) is 4. The first-order valence-corrected chi connectivity index (χ1v) is 5.61. The summed E-state index contributed by atoms with van der Waals surface area (Å²) in [7, 11) is 0. The molecule has 2 bridgehead atoms. The predicted molar refractivity (Wildman–Crippen MR) is 58.7 cm³/mol. The van der Waals surface area contributed by atoms with Crippen molar-refractivity contribution in [3.63, 3.8) is 0 Å². The Labute approximate surface area is 95.1 Å². The summed E-state index contributed by atoms with van der Waals surface area (Å²) in [5.41, 5.74) is 0.234. The lowest BCUT2D eigenvalue weighted by Gasteiger charge is -2.30. The van der Waals surface area contributed by atoms with Crippen molar-refractivity contribution in [3.8, 4) is 0 Å². The molecule has 0 spiro atoms. The Kier molecular flexibility index (Phi) is 2.56. The molecule has 0 aromatic carbocycles. The van der Waals surface area contributed by atoms with Crippen molar-refractivity contribution in [2.24, 2.45) is 11.1 Å². The van der Waals surface area contributed by atoms with Gasteiger partial charge in [0.1, 0.15) is 5.60 Å². The first-order chi connectivity index (χ1) is 7.40. The zero-order valence-electron chi connectivity index (χ0n) is 9.93. The van der Waals surface area contributed by atoms with Crippen LogP contribution in [0.25, 0.3) is 0 Å². The van der Waals surface area contributed by atoms with Crippen LogP contribution >= 0.6 is 0 Å². The van der Waals surface area contributed by atoms with E-state index in [9.17, 15) is 4.79 Å². The molecular formula is C11H18N2O3. The zero-order chi connectivity index (χ0) is 11.9. The highest BCUT2D eigenvalue weighted by Crippen LogP contribution is 2.36. The maximum Gasteiger partial charge on any atom is 0.410 e. The van der Waals surface area contributed by atoms with E-state index in [2.05, 4.69) is 5.16 Å². The van der Waals surface area contributed by atoms with Gasteiger partial charge in [0, 0.05) is 6.54 Å². The van der Waals surface area contributed by atoms with Crippen LogP contribution in [-0.4, -0.2) is 40.1 Å². The SMILES string of the molecule is CC(C)(C)OC(=O)N1C[C@H]2C/C(=N\O)[C@H]1C2. The van der Waals surface area contributed by atoms with Gasteiger partial charge in [-0.2, -0.15) is 0 Å². The third-order valence-corrected chi connectivity index (χ3v) is 3.03. The standard InChI is InChI=1S/C11H18N2O3/c1-11(2,3)16-10(14)13-6-7-4-8(12-15)9(13)5-7/h7,9,15H,4-6H2,1-3H3/b12-8+/t7-,9+/m0/s1. The van der Waals surface area contributed by atoms with E-state index in [0.29, 0.717) is 11.6 Å². The van der Waals surface area contributed by atoms with E-state index >= 15 is 0 Å². The van der Waals surface area contributed by atoms with Crippen LogP contribution in [0.4, 0.5) is 4.79 Å². The molecule has 5 heteroatoms. The van der Waals surface area contributed by atoms with E-state index in [-0.39, 0.29) is 12.1 Å². The quantitative estimate of drug-likeness (QED) is 0.506. The van der Waals surface area contributed by atoms with Gasteiger partial charge in [-0.1, -0.05) is 5.16 Å². The minimum atomic E-state index is -0.477. The van der Waals surface area contributed by atoms with Gasteiger partial charge in [-0.05, 0) is 39.5 Å². The van der Waals surface area contributed by atoms with Crippen molar-refractivity contribution in [1.82, 2.24) is 4.90 Å². The molecule has 1 aliphatic heterocycles. The number of oxime groups is 1. The Bertz CT molecular complexity index is 333. The normalized spacial score (nSPS) is 31.2. The van der Waals surface area contributed by atoms with Crippen LogP contribution in [0.1, 0.15) is 33.6 Å². The number of likely N-dealkylation sites (tertiary alicyclic amines) is 1. The number of piperidine rings is 1. The summed E-state index contributed by atoms with van der Waals surface area (Å²) in [5, 5.41) is 12.1. The Morgan fingerprint density at radius 3 is 2.75 bits per heavy atom. The lowest BCUT2D eigenvalue weighted by molar-refractivity contribution is 0.0248. The van der Waals surface area contributed by atoms with Gasteiger partial charge in [0.05, 0.1) is 11.8 Å². The number of ether oxygens (including phenoxy) is 1. The molecule has 90 valence electrons. The molecule has 5 nitrogen and oxygen atoms in total. The highest BCUT2D eigenvalue weighted by molar-refractivity contribution is 5.95. The van der Waals surface area contributed by atoms with Crippen LogP contribution in [0.5, 0.6) is 0 Å². The summed E-state index contributed by atoms with van der Waals surface area (Å²) < 4.78 is 5.32. The Morgan fingerprint density at radius 2 is 2.25 bits per heavy atom. The van der Waals surface area contributed by atoms with Crippen molar-refractivity contribution < 1.29 is 14.7 Å². The summed E-state index contributed by atoms with van der Waals surface area (Å²) in [5.74, 6) is 0.434. The maximum absolute atomic E-state index is 11.9. The molecule has 16 heavy (non-hydrogen) atoms. The second-order valence-corrected chi connectivity index (χ2v) is 5.55. The van der Waals surface area contributed by atoms with Crippen molar-refractivity contribution in [3.05, 3.63) is 0 Å². The molecule has 1 saturated heterocycles. The smallest absolute Gasteiger partial charge is 0.410 e. The average molecular weight is 226 g/mol. The van der Waals surface area contributed by atoms with Gasteiger partial charge < -0.3 is 9.94 Å². The number of rotatable bonds is 0. The predicted octanol–water partition coefficient (Wildman–Crippen LogP) is 1.85. The first kappa shape index (κ1) is 11.2. The van der Waals surface area contributed by atoms with E-state index in [1.165, 1.54) is 0 Å². The maximum atomic E-state index is 11.9. The number of fused-ring (bicyclic) bond motifs is 2. The van der Waals surface area contributed by atoms with Gasteiger partial charge >= 0.3 is 6.09 Å². The van der Waals surface area contributed by atoms with E-state index in [1.54, 1.807) is 4.90 Å². The van der Waals surface area contributed by atoms with Gasteiger partial charge in [0.15, 0.2) is 0 Å². The number of carbonyl (C=O) groups excluding carboxylic acids is 1. The molecule has 1 amide bonds. The molecule has 1 N–H and O–H groups in total. The third-order valence-electron chi connectivity index (χ3n) is 3.03. The lowest BCUT2D eigenvalue weighted by Crippen LogP contribution is -2.45.